The predicted molar refractivity (Wildman–Crippen MR) is 102 cm³/mol. The number of hydrogen-bond donors (Lipinski definition) is 1. The summed E-state index contributed by atoms with van der Waals surface area (Å²) in [5.41, 5.74) is 0.659. The van der Waals surface area contributed by atoms with E-state index in [0.29, 0.717) is 29.2 Å². The number of benzene rings is 2. The maximum absolute atomic E-state index is 12.7. The number of rotatable bonds is 6. The van der Waals surface area contributed by atoms with Gasteiger partial charge < -0.3 is 14.6 Å². The number of esters is 1. The number of carbonyl (C=O) groups is 3. The van der Waals surface area contributed by atoms with Crippen LogP contribution >= 0.6 is 11.6 Å². The van der Waals surface area contributed by atoms with Crippen LogP contribution in [0.5, 0.6) is 11.5 Å². The van der Waals surface area contributed by atoms with E-state index in [1.807, 2.05) is 0 Å². The first kappa shape index (κ1) is 19.9. The number of aromatic hydroxyl groups is 1. The monoisotopic (exact) mass is 402 g/mol. The van der Waals surface area contributed by atoms with E-state index in [0.717, 1.165) is 0 Å². The number of fused-ring (bicyclic) bond motifs is 1. The predicted octanol–water partition coefficient (Wildman–Crippen LogP) is 3.95. The number of ether oxygens (including phenoxy) is 2. The second kappa shape index (κ2) is 8.44. The highest BCUT2D eigenvalue weighted by atomic mass is 35.5. The van der Waals surface area contributed by atoms with Crippen molar-refractivity contribution in [2.45, 2.75) is 31.8 Å². The highest BCUT2D eigenvalue weighted by Gasteiger charge is 2.28. The van der Waals surface area contributed by atoms with Crippen molar-refractivity contribution in [2.75, 3.05) is 7.11 Å². The summed E-state index contributed by atoms with van der Waals surface area (Å²) >= 11 is 5.91. The number of ketones is 2. The van der Waals surface area contributed by atoms with Crippen LogP contribution in [0, 0.1) is 0 Å². The van der Waals surface area contributed by atoms with Crippen molar-refractivity contribution in [3.63, 3.8) is 0 Å². The molecule has 1 aliphatic heterocycles. The first-order valence-corrected chi connectivity index (χ1v) is 9.20. The van der Waals surface area contributed by atoms with Crippen LogP contribution in [0.15, 0.2) is 36.4 Å². The third kappa shape index (κ3) is 4.34. The van der Waals surface area contributed by atoms with Crippen LogP contribution in [0.25, 0.3) is 0 Å². The number of phenols is 1. The summed E-state index contributed by atoms with van der Waals surface area (Å²) in [6, 6.07) is 8.82. The Morgan fingerprint density at radius 3 is 2.79 bits per heavy atom. The topological polar surface area (TPSA) is 89.9 Å². The van der Waals surface area contributed by atoms with Gasteiger partial charge in [-0.15, -0.1) is 0 Å². The number of methoxy groups -OCH3 is 1. The summed E-state index contributed by atoms with van der Waals surface area (Å²) in [5, 5.41) is 10.3. The maximum atomic E-state index is 12.7. The Labute approximate surface area is 167 Å². The van der Waals surface area contributed by atoms with Gasteiger partial charge in [0.1, 0.15) is 17.6 Å². The number of halogens is 1. The van der Waals surface area contributed by atoms with Crippen LogP contribution in [0.1, 0.15) is 52.0 Å². The van der Waals surface area contributed by atoms with Crippen molar-refractivity contribution in [3.05, 3.63) is 58.1 Å². The molecule has 0 fully saturated rings. The van der Waals surface area contributed by atoms with Gasteiger partial charge in [-0.2, -0.15) is 0 Å². The van der Waals surface area contributed by atoms with Crippen molar-refractivity contribution in [2.24, 2.45) is 0 Å². The molecule has 1 N–H and O–H groups in total. The highest BCUT2D eigenvalue weighted by molar-refractivity contribution is 6.31. The Kier molecular flexibility index (Phi) is 5.99. The molecule has 6 nitrogen and oxygen atoms in total. The molecule has 1 atom stereocenters. The molecule has 0 saturated carbocycles. The lowest BCUT2D eigenvalue weighted by Crippen LogP contribution is -2.27. The van der Waals surface area contributed by atoms with Gasteiger partial charge in [0.2, 0.25) is 0 Å². The van der Waals surface area contributed by atoms with E-state index < -0.39 is 5.78 Å². The molecule has 7 heteroatoms. The summed E-state index contributed by atoms with van der Waals surface area (Å²) in [6.07, 6.45) is 1.24. The first-order chi connectivity index (χ1) is 13.4. The van der Waals surface area contributed by atoms with Gasteiger partial charge in [0.15, 0.2) is 11.6 Å². The first-order valence-electron chi connectivity index (χ1n) is 8.83. The average molecular weight is 403 g/mol. The fraction of sp³-hybridized carbons (Fsp3) is 0.286. The third-order valence-corrected chi connectivity index (χ3v) is 4.82. The van der Waals surface area contributed by atoms with Gasteiger partial charge in [-0.25, -0.2) is 0 Å². The zero-order chi connectivity index (χ0) is 20.3. The van der Waals surface area contributed by atoms with Gasteiger partial charge in [-0.3, -0.25) is 14.4 Å². The SMILES string of the molecule is COC(=O)CCCC1CC(=O)c2cc(C(=O)c3cc(Cl)ccc3O)ccc2O1. The Morgan fingerprint density at radius 2 is 2.04 bits per heavy atom. The van der Waals surface area contributed by atoms with E-state index in [4.69, 9.17) is 16.3 Å². The van der Waals surface area contributed by atoms with E-state index in [2.05, 4.69) is 4.74 Å². The van der Waals surface area contributed by atoms with Crippen LogP contribution in [0.2, 0.25) is 5.02 Å². The smallest absolute Gasteiger partial charge is 0.305 e. The molecule has 2 aromatic rings. The van der Waals surface area contributed by atoms with Gasteiger partial charge in [0.05, 0.1) is 18.2 Å². The second-order valence-corrected chi connectivity index (χ2v) is 6.97. The fourth-order valence-electron chi connectivity index (χ4n) is 3.11. The average Bonchev–Trinajstić information content (AvgIpc) is 2.69. The molecular weight excluding hydrogens is 384 g/mol. The highest BCUT2D eigenvalue weighted by Crippen LogP contribution is 2.32. The van der Waals surface area contributed by atoms with E-state index in [1.54, 1.807) is 12.1 Å². The normalized spacial score (nSPS) is 15.5. The van der Waals surface area contributed by atoms with Crippen LogP contribution in [0.4, 0.5) is 0 Å². The van der Waals surface area contributed by atoms with Gasteiger partial charge in [0, 0.05) is 23.4 Å². The number of Topliss-reactive ketones (excluding diaryl/α,β-unsaturated/α-hetero) is 1. The molecular formula is C21H19ClO6. The lowest BCUT2D eigenvalue weighted by Gasteiger charge is -2.25. The molecule has 0 aliphatic carbocycles. The summed E-state index contributed by atoms with van der Waals surface area (Å²) in [4.78, 5) is 36.4. The maximum Gasteiger partial charge on any atom is 0.305 e. The zero-order valence-corrected chi connectivity index (χ0v) is 16.0. The molecule has 1 heterocycles. The number of hydrogen-bond acceptors (Lipinski definition) is 6. The molecule has 1 aliphatic rings. The van der Waals surface area contributed by atoms with E-state index in [-0.39, 0.29) is 47.6 Å². The van der Waals surface area contributed by atoms with E-state index in [9.17, 15) is 19.5 Å². The Bertz CT molecular complexity index is 936. The second-order valence-electron chi connectivity index (χ2n) is 6.54. The molecule has 0 spiro atoms. The largest absolute Gasteiger partial charge is 0.507 e. The van der Waals surface area contributed by atoms with Gasteiger partial charge in [0.25, 0.3) is 0 Å². The van der Waals surface area contributed by atoms with Crippen molar-refractivity contribution < 1.29 is 29.0 Å². The molecule has 3 rings (SSSR count). The number of phenolic OH excluding ortho intramolecular Hbond substituents is 1. The molecule has 0 amide bonds. The van der Waals surface area contributed by atoms with Crippen molar-refractivity contribution in [1.82, 2.24) is 0 Å². The quantitative estimate of drug-likeness (QED) is 0.581. The minimum absolute atomic E-state index is 0.0670. The minimum Gasteiger partial charge on any atom is -0.507 e. The third-order valence-electron chi connectivity index (χ3n) is 4.59. The van der Waals surface area contributed by atoms with Crippen molar-refractivity contribution in [1.29, 1.82) is 0 Å². The Morgan fingerprint density at radius 1 is 1.25 bits per heavy atom. The molecule has 0 radical (unpaired) electrons. The summed E-state index contributed by atoms with van der Waals surface area (Å²) in [7, 11) is 1.33. The van der Waals surface area contributed by atoms with E-state index >= 15 is 0 Å². The fourth-order valence-corrected chi connectivity index (χ4v) is 3.28. The lowest BCUT2D eigenvalue weighted by atomic mass is 9.94. The Hall–Kier alpha value is -2.86. The summed E-state index contributed by atoms with van der Waals surface area (Å²) in [6.45, 7) is 0. The molecule has 0 saturated heterocycles. The lowest BCUT2D eigenvalue weighted by molar-refractivity contribution is -0.140. The summed E-state index contributed by atoms with van der Waals surface area (Å²) in [5.74, 6) is -0.633. The molecule has 1 unspecified atom stereocenters. The van der Waals surface area contributed by atoms with Crippen molar-refractivity contribution in [3.8, 4) is 11.5 Å². The summed E-state index contributed by atoms with van der Waals surface area (Å²) < 4.78 is 10.4. The standard InChI is InChI=1S/C21H19ClO6/c1-27-20(25)4-2-3-14-11-18(24)15-9-12(5-8-19(15)28-14)21(26)16-10-13(22)6-7-17(16)23/h5-10,14,23H,2-4,11H2,1H3. The van der Waals surface area contributed by atoms with Crippen molar-refractivity contribution >= 4 is 29.1 Å². The van der Waals surface area contributed by atoms with Crippen LogP contribution in [-0.2, 0) is 9.53 Å². The van der Waals surface area contributed by atoms with Gasteiger partial charge in [-0.1, -0.05) is 11.6 Å². The van der Waals surface area contributed by atoms with Gasteiger partial charge in [-0.05, 0) is 49.2 Å². The number of carbonyl (C=O) groups excluding carboxylic acids is 3. The molecule has 28 heavy (non-hydrogen) atoms. The molecule has 2 aromatic carbocycles. The molecule has 0 bridgehead atoms. The zero-order valence-electron chi connectivity index (χ0n) is 15.2. The molecule has 146 valence electrons. The molecule has 0 aromatic heterocycles. The van der Waals surface area contributed by atoms with E-state index in [1.165, 1.54) is 31.4 Å². The van der Waals surface area contributed by atoms with Crippen LogP contribution in [0.3, 0.4) is 0 Å². The minimum atomic E-state index is -0.434. The van der Waals surface area contributed by atoms with Crippen LogP contribution in [-0.4, -0.2) is 35.9 Å². The van der Waals surface area contributed by atoms with Crippen LogP contribution < -0.4 is 4.74 Å². The Balaban J connectivity index is 1.76. The van der Waals surface area contributed by atoms with Gasteiger partial charge >= 0.3 is 5.97 Å².